The molecule has 9 heteroatoms. The van der Waals surface area contributed by atoms with Gasteiger partial charge in [0.15, 0.2) is 0 Å². The van der Waals surface area contributed by atoms with Crippen LogP contribution in [-0.2, 0) is 19.2 Å². The molecular formula is C11H12N2O7. The van der Waals surface area contributed by atoms with Gasteiger partial charge in [0.2, 0.25) is 0 Å². The second-order valence-corrected chi connectivity index (χ2v) is 4.23. The van der Waals surface area contributed by atoms with E-state index in [1.165, 1.54) is 13.8 Å². The maximum Gasteiger partial charge on any atom is 0.335 e. The third kappa shape index (κ3) is 2.82. The number of barbiturate groups is 1. The smallest absolute Gasteiger partial charge is 0.335 e. The number of hydrogen-bond acceptors (Lipinski definition) is 5. The van der Waals surface area contributed by atoms with Crippen LogP contribution in [0.3, 0.4) is 0 Å². The second kappa shape index (κ2) is 5.51. The van der Waals surface area contributed by atoms with Gasteiger partial charge in [-0.1, -0.05) is 5.57 Å². The molecular weight excluding hydrogens is 272 g/mol. The van der Waals surface area contributed by atoms with Crippen LogP contribution in [0, 0.1) is 0 Å². The van der Waals surface area contributed by atoms with Crippen molar-refractivity contribution in [1.29, 1.82) is 0 Å². The van der Waals surface area contributed by atoms with Crippen LogP contribution >= 0.6 is 0 Å². The van der Waals surface area contributed by atoms with Crippen LogP contribution in [0.5, 0.6) is 0 Å². The predicted octanol–water partition coefficient (Wildman–Crippen LogP) is -0.717. The van der Waals surface area contributed by atoms with Gasteiger partial charge in [0.05, 0.1) is 0 Å². The number of carboxylic acids is 2. The number of carboxylic acid groups (broad SMARTS) is 2. The van der Waals surface area contributed by atoms with Crippen LogP contribution in [-0.4, -0.2) is 62.9 Å². The Bertz CT molecular complexity index is 505. The van der Waals surface area contributed by atoms with Crippen molar-refractivity contribution in [2.75, 3.05) is 13.1 Å². The summed E-state index contributed by atoms with van der Waals surface area (Å²) in [6, 6.07) is -1.25. The van der Waals surface area contributed by atoms with Crippen molar-refractivity contribution in [1.82, 2.24) is 9.80 Å². The van der Waals surface area contributed by atoms with E-state index in [-0.39, 0.29) is 5.57 Å². The van der Waals surface area contributed by atoms with Crippen molar-refractivity contribution in [3.8, 4) is 0 Å². The Morgan fingerprint density at radius 1 is 0.900 bits per heavy atom. The van der Waals surface area contributed by atoms with Gasteiger partial charge >= 0.3 is 18.0 Å². The molecule has 0 aromatic heterocycles. The van der Waals surface area contributed by atoms with E-state index >= 15 is 0 Å². The van der Waals surface area contributed by atoms with Gasteiger partial charge in [-0.15, -0.1) is 0 Å². The molecule has 108 valence electrons. The van der Waals surface area contributed by atoms with E-state index in [9.17, 15) is 24.0 Å². The van der Waals surface area contributed by atoms with Crippen LogP contribution in [0.4, 0.5) is 4.79 Å². The lowest BCUT2D eigenvalue weighted by Crippen LogP contribution is -2.58. The molecule has 1 saturated heterocycles. The Balaban J connectivity index is 3.29. The number of imide groups is 2. The predicted molar refractivity (Wildman–Crippen MR) is 62.5 cm³/mol. The third-order valence-electron chi connectivity index (χ3n) is 2.47. The maximum atomic E-state index is 11.9. The second-order valence-electron chi connectivity index (χ2n) is 4.23. The first kappa shape index (κ1) is 15.3. The molecule has 20 heavy (non-hydrogen) atoms. The van der Waals surface area contributed by atoms with E-state index in [0.717, 1.165) is 0 Å². The molecule has 2 N–H and O–H groups in total. The van der Waals surface area contributed by atoms with Gasteiger partial charge in [0.25, 0.3) is 11.8 Å². The van der Waals surface area contributed by atoms with Crippen molar-refractivity contribution in [2.45, 2.75) is 13.8 Å². The number of amides is 4. The van der Waals surface area contributed by atoms with Crippen LogP contribution < -0.4 is 0 Å². The SMILES string of the molecule is CC(C)=C1C(=O)N(CC(=O)O)C(=O)N(CC(=O)O)C1=O. The maximum absolute atomic E-state index is 11.9. The normalized spacial score (nSPS) is 15.7. The highest BCUT2D eigenvalue weighted by molar-refractivity contribution is 6.29. The number of hydrogen-bond donors (Lipinski definition) is 2. The topological polar surface area (TPSA) is 132 Å². The van der Waals surface area contributed by atoms with E-state index in [0.29, 0.717) is 9.80 Å². The molecule has 1 aliphatic rings. The molecule has 1 rings (SSSR count). The quantitative estimate of drug-likeness (QED) is 0.514. The van der Waals surface area contributed by atoms with Crippen molar-refractivity contribution < 1.29 is 34.2 Å². The molecule has 0 unspecified atom stereocenters. The minimum absolute atomic E-state index is 0.262. The third-order valence-corrected chi connectivity index (χ3v) is 2.47. The first-order valence-corrected chi connectivity index (χ1v) is 5.45. The Kier molecular flexibility index (Phi) is 4.23. The highest BCUT2D eigenvalue weighted by Crippen LogP contribution is 2.20. The fourth-order valence-corrected chi connectivity index (χ4v) is 1.66. The Hall–Kier alpha value is -2.71. The molecule has 0 aromatic rings. The lowest BCUT2D eigenvalue weighted by atomic mass is 10.1. The van der Waals surface area contributed by atoms with Gasteiger partial charge in [0.1, 0.15) is 18.7 Å². The lowest BCUT2D eigenvalue weighted by Gasteiger charge is -2.32. The highest BCUT2D eigenvalue weighted by Gasteiger charge is 2.43. The average molecular weight is 284 g/mol. The molecule has 0 bridgehead atoms. The Labute approximate surface area is 113 Å². The van der Waals surface area contributed by atoms with E-state index in [2.05, 4.69) is 0 Å². The van der Waals surface area contributed by atoms with Crippen molar-refractivity contribution in [2.24, 2.45) is 0 Å². The average Bonchev–Trinajstić information content (AvgIpc) is 2.29. The van der Waals surface area contributed by atoms with E-state index in [1.807, 2.05) is 0 Å². The molecule has 0 spiro atoms. The number of allylic oxidation sites excluding steroid dienone is 1. The highest BCUT2D eigenvalue weighted by atomic mass is 16.4. The molecule has 0 saturated carbocycles. The summed E-state index contributed by atoms with van der Waals surface area (Å²) in [7, 11) is 0. The van der Waals surface area contributed by atoms with Crippen LogP contribution in [0.15, 0.2) is 11.1 Å². The summed E-state index contributed by atoms with van der Waals surface area (Å²) in [6.45, 7) is 0.966. The fraction of sp³-hybridized carbons (Fsp3) is 0.364. The molecule has 0 aromatic carbocycles. The van der Waals surface area contributed by atoms with Crippen LogP contribution in [0.1, 0.15) is 13.8 Å². The standard InChI is InChI=1S/C11H12N2O7/c1-5(2)8-9(18)12(3-6(14)15)11(20)13(10(8)19)4-7(16)17/h3-4H2,1-2H3,(H,14,15)(H,16,17). The van der Waals surface area contributed by atoms with E-state index in [4.69, 9.17) is 10.2 Å². The zero-order valence-electron chi connectivity index (χ0n) is 10.7. The first-order valence-electron chi connectivity index (χ1n) is 5.45. The Morgan fingerprint density at radius 2 is 1.25 bits per heavy atom. The lowest BCUT2D eigenvalue weighted by molar-refractivity contribution is -0.147. The Morgan fingerprint density at radius 3 is 1.50 bits per heavy atom. The number of carbonyl (C=O) groups is 5. The van der Waals surface area contributed by atoms with Crippen molar-refractivity contribution in [3.63, 3.8) is 0 Å². The fourth-order valence-electron chi connectivity index (χ4n) is 1.66. The van der Waals surface area contributed by atoms with Gasteiger partial charge in [-0.05, 0) is 13.8 Å². The van der Waals surface area contributed by atoms with Gasteiger partial charge in [-0.2, -0.15) is 0 Å². The molecule has 1 aliphatic heterocycles. The summed E-state index contributed by atoms with van der Waals surface area (Å²) in [5.41, 5.74) is -0.134. The number of urea groups is 1. The molecule has 0 radical (unpaired) electrons. The molecule has 0 atom stereocenters. The van der Waals surface area contributed by atoms with E-state index in [1.54, 1.807) is 0 Å². The summed E-state index contributed by atoms with van der Waals surface area (Å²) in [6.07, 6.45) is 0. The van der Waals surface area contributed by atoms with Crippen LogP contribution in [0.25, 0.3) is 0 Å². The summed E-state index contributed by atoms with van der Waals surface area (Å²) >= 11 is 0. The number of carbonyl (C=O) groups excluding carboxylic acids is 3. The van der Waals surface area contributed by atoms with Gasteiger partial charge in [-0.3, -0.25) is 19.2 Å². The monoisotopic (exact) mass is 284 g/mol. The number of nitrogens with zero attached hydrogens (tertiary/aromatic N) is 2. The summed E-state index contributed by atoms with van der Waals surface area (Å²) in [5, 5.41) is 17.4. The molecule has 0 aliphatic carbocycles. The molecule has 1 fully saturated rings. The summed E-state index contributed by atoms with van der Waals surface area (Å²) < 4.78 is 0. The molecule has 1 heterocycles. The largest absolute Gasteiger partial charge is 0.480 e. The summed E-state index contributed by atoms with van der Waals surface area (Å²) in [5.74, 6) is -4.98. The van der Waals surface area contributed by atoms with Gasteiger partial charge in [-0.25, -0.2) is 14.6 Å². The zero-order chi connectivity index (χ0) is 15.6. The van der Waals surface area contributed by atoms with Gasteiger partial charge < -0.3 is 10.2 Å². The van der Waals surface area contributed by atoms with Gasteiger partial charge in [0, 0.05) is 0 Å². The molecule has 4 amide bonds. The van der Waals surface area contributed by atoms with Crippen molar-refractivity contribution in [3.05, 3.63) is 11.1 Å². The number of aliphatic carboxylic acids is 2. The number of rotatable bonds is 4. The summed E-state index contributed by atoms with van der Waals surface area (Å²) in [4.78, 5) is 57.7. The minimum atomic E-state index is -1.45. The zero-order valence-corrected chi connectivity index (χ0v) is 10.7. The molecule has 9 nitrogen and oxygen atoms in total. The minimum Gasteiger partial charge on any atom is -0.480 e. The van der Waals surface area contributed by atoms with E-state index < -0.39 is 48.4 Å². The first-order chi connectivity index (χ1) is 9.16. The van der Waals surface area contributed by atoms with Crippen LogP contribution in [0.2, 0.25) is 0 Å². The van der Waals surface area contributed by atoms with Crippen molar-refractivity contribution >= 4 is 29.8 Å².